The van der Waals surface area contributed by atoms with E-state index in [0.717, 1.165) is 21.2 Å². The quantitative estimate of drug-likeness (QED) is 0.307. The third-order valence-electron chi connectivity index (χ3n) is 6.97. The van der Waals surface area contributed by atoms with Gasteiger partial charge in [0, 0.05) is 0 Å². The monoisotopic (exact) mass is 498 g/mol. The van der Waals surface area contributed by atoms with Gasteiger partial charge in [-0.3, -0.25) is 0 Å². The van der Waals surface area contributed by atoms with Gasteiger partial charge in [0.15, 0.2) is 0 Å². The van der Waals surface area contributed by atoms with Crippen molar-refractivity contribution >= 4 is 56.2 Å². The molecule has 0 bridgehead atoms. The van der Waals surface area contributed by atoms with Crippen LogP contribution in [0.15, 0.2) is 121 Å². The molecule has 0 unspecified atom stereocenters. The molecule has 0 aromatic heterocycles. The first-order valence-electron chi connectivity index (χ1n) is 10.6. The normalized spacial score (nSPS) is 23.5. The zero-order chi connectivity index (χ0) is 22.5. The Morgan fingerprint density at radius 2 is 0.594 bits per heavy atom. The predicted octanol–water partition coefficient (Wildman–Crippen LogP) is 6.24. The molecule has 6 heteroatoms. The summed E-state index contributed by atoms with van der Waals surface area (Å²) in [7, 11) is 4.24. The number of benzene rings is 4. The van der Waals surface area contributed by atoms with Crippen molar-refractivity contribution in [2.45, 2.75) is 0 Å². The van der Waals surface area contributed by atoms with Crippen LogP contribution in [0.3, 0.4) is 0 Å². The van der Waals surface area contributed by atoms with E-state index in [1.807, 2.05) is 24.3 Å². The summed E-state index contributed by atoms with van der Waals surface area (Å²) in [6, 6.07) is 41.7. The molecule has 5 rings (SSSR count). The first-order chi connectivity index (χ1) is 15.4. The molecule has 1 heterocycles. The van der Waals surface area contributed by atoms with Crippen molar-refractivity contribution < 1.29 is 0 Å². The van der Waals surface area contributed by atoms with E-state index < -0.39 is 12.5 Å². The summed E-state index contributed by atoms with van der Waals surface area (Å²) in [4.78, 5) is 0. The molecule has 0 radical (unpaired) electrons. The Morgan fingerprint density at radius 1 is 0.406 bits per heavy atom. The SMILES string of the molecule is CN1P(Cl)(c2ccccc2)(c2ccccc2)N(C)P1(Cl)(c1ccccc1)c1ccccc1. The van der Waals surface area contributed by atoms with Gasteiger partial charge < -0.3 is 0 Å². The molecule has 0 aliphatic carbocycles. The van der Waals surface area contributed by atoms with Crippen LogP contribution in [0.4, 0.5) is 0 Å². The Bertz CT molecular complexity index is 1060. The summed E-state index contributed by atoms with van der Waals surface area (Å²) in [5.74, 6) is 0. The zero-order valence-corrected chi connectivity index (χ0v) is 21.4. The van der Waals surface area contributed by atoms with Gasteiger partial charge in [-0.1, -0.05) is 0 Å². The fourth-order valence-electron chi connectivity index (χ4n) is 5.34. The van der Waals surface area contributed by atoms with Crippen molar-refractivity contribution in [2.75, 3.05) is 14.1 Å². The first-order valence-corrected chi connectivity index (χ1v) is 16.7. The maximum atomic E-state index is 8.12. The molecular formula is C26H26Cl2N2P2. The summed E-state index contributed by atoms with van der Waals surface area (Å²) in [6.45, 7) is 0. The van der Waals surface area contributed by atoms with Crippen LogP contribution in [0.5, 0.6) is 0 Å². The molecular weight excluding hydrogens is 473 g/mol. The van der Waals surface area contributed by atoms with E-state index in [1.165, 1.54) is 0 Å². The minimum absolute atomic E-state index is 1.09. The van der Waals surface area contributed by atoms with Gasteiger partial charge in [-0.2, -0.15) is 0 Å². The fraction of sp³-hybridized carbons (Fsp3) is 0.0769. The van der Waals surface area contributed by atoms with E-state index in [9.17, 15) is 0 Å². The van der Waals surface area contributed by atoms with Crippen molar-refractivity contribution in [2.24, 2.45) is 0 Å². The van der Waals surface area contributed by atoms with Gasteiger partial charge in [-0.15, -0.1) is 0 Å². The summed E-state index contributed by atoms with van der Waals surface area (Å²) in [5.41, 5.74) is 0. The molecule has 32 heavy (non-hydrogen) atoms. The number of rotatable bonds is 4. The third-order valence-corrected chi connectivity index (χ3v) is 26.6. The molecule has 0 atom stereocenters. The number of halogens is 2. The molecule has 4 aromatic carbocycles. The van der Waals surface area contributed by atoms with Crippen molar-refractivity contribution in [3.63, 3.8) is 0 Å². The Hall–Kier alpha value is -1.76. The number of nitrogens with zero attached hydrogens (tertiary/aromatic N) is 2. The molecule has 1 saturated heterocycles. The van der Waals surface area contributed by atoms with E-state index in [-0.39, 0.29) is 0 Å². The van der Waals surface area contributed by atoms with E-state index in [1.54, 1.807) is 0 Å². The van der Waals surface area contributed by atoms with Crippen molar-refractivity contribution in [3.05, 3.63) is 121 Å². The summed E-state index contributed by atoms with van der Waals surface area (Å²) < 4.78 is 4.71. The molecule has 0 spiro atoms. The summed E-state index contributed by atoms with van der Waals surface area (Å²) in [5, 5.41) is 4.35. The second-order valence-electron chi connectivity index (χ2n) is 8.16. The van der Waals surface area contributed by atoms with Crippen LogP contribution >= 0.6 is 35.0 Å². The molecule has 2 nitrogen and oxygen atoms in total. The van der Waals surface area contributed by atoms with E-state index in [0.29, 0.717) is 0 Å². The topological polar surface area (TPSA) is 6.48 Å². The van der Waals surface area contributed by atoms with Gasteiger partial charge in [0.25, 0.3) is 0 Å². The standard InChI is InChI=1S/C26H26Cl2N2P2/c1-29-31(27,23-15-7-3-8-16-23,24-17-9-4-10-18-24)30(2)32(29,28,25-19-11-5-12-20-25)26-21-13-6-14-22-26/h3-22H,1-2H3. The van der Waals surface area contributed by atoms with Gasteiger partial charge in [-0.05, 0) is 0 Å². The molecule has 0 saturated carbocycles. The van der Waals surface area contributed by atoms with Crippen LogP contribution in [0.2, 0.25) is 0 Å². The Morgan fingerprint density at radius 3 is 0.781 bits per heavy atom. The molecule has 0 N–H and O–H groups in total. The number of hydrogen-bond acceptors (Lipinski definition) is 2. The van der Waals surface area contributed by atoms with Crippen molar-refractivity contribution in [1.82, 2.24) is 8.88 Å². The van der Waals surface area contributed by atoms with Crippen LogP contribution in [-0.2, 0) is 0 Å². The second-order valence-corrected chi connectivity index (χ2v) is 20.8. The van der Waals surface area contributed by atoms with E-state index in [2.05, 4.69) is 120 Å². The predicted molar refractivity (Wildman–Crippen MR) is 145 cm³/mol. The molecule has 1 aliphatic heterocycles. The van der Waals surface area contributed by atoms with Crippen molar-refractivity contribution in [1.29, 1.82) is 0 Å². The van der Waals surface area contributed by atoms with E-state index in [4.69, 9.17) is 22.5 Å². The molecule has 4 aromatic rings. The van der Waals surface area contributed by atoms with Crippen LogP contribution < -0.4 is 21.2 Å². The third kappa shape index (κ3) is 2.36. The number of hydrogen-bond donors (Lipinski definition) is 0. The minimum atomic E-state index is -3.53. The Kier molecular flexibility index (Phi) is 5.08. The average Bonchev–Trinajstić information content (AvgIpc) is 2.89. The van der Waals surface area contributed by atoms with Crippen LogP contribution in [0.25, 0.3) is 0 Å². The van der Waals surface area contributed by atoms with Crippen LogP contribution in [0, 0.1) is 0 Å². The van der Waals surface area contributed by atoms with Gasteiger partial charge in [-0.25, -0.2) is 0 Å². The first kappa shape index (κ1) is 22.1. The van der Waals surface area contributed by atoms with Crippen LogP contribution in [0.1, 0.15) is 0 Å². The zero-order valence-electron chi connectivity index (χ0n) is 18.1. The van der Waals surface area contributed by atoms with Gasteiger partial charge in [0.2, 0.25) is 0 Å². The second kappa shape index (κ2) is 7.37. The van der Waals surface area contributed by atoms with E-state index >= 15 is 0 Å². The maximum absolute atomic E-state index is 8.12. The summed E-state index contributed by atoms with van der Waals surface area (Å²) >= 11 is 16.2. The molecule has 0 amide bonds. The molecule has 164 valence electrons. The molecule has 1 fully saturated rings. The fourth-order valence-corrected chi connectivity index (χ4v) is 27.0. The van der Waals surface area contributed by atoms with Gasteiger partial charge in [0.05, 0.1) is 0 Å². The van der Waals surface area contributed by atoms with Crippen LogP contribution in [-0.4, -0.2) is 23.0 Å². The van der Waals surface area contributed by atoms with Crippen molar-refractivity contribution in [3.8, 4) is 0 Å². The average molecular weight is 499 g/mol. The summed E-state index contributed by atoms with van der Waals surface area (Å²) in [6.07, 6.45) is -7.06. The molecule has 1 aliphatic rings. The Labute approximate surface area is 200 Å². The van der Waals surface area contributed by atoms with Gasteiger partial charge in [0.1, 0.15) is 0 Å². The Balaban J connectivity index is 1.91. The van der Waals surface area contributed by atoms with Gasteiger partial charge >= 0.3 is 201 Å².